The van der Waals surface area contributed by atoms with Crippen molar-refractivity contribution >= 4 is 11.8 Å². The zero-order chi connectivity index (χ0) is 15.1. The van der Waals surface area contributed by atoms with Crippen molar-refractivity contribution in [2.45, 2.75) is 6.61 Å². The van der Waals surface area contributed by atoms with E-state index in [2.05, 4.69) is 15.3 Å². The van der Waals surface area contributed by atoms with Crippen molar-refractivity contribution in [3.05, 3.63) is 54.1 Å². The highest BCUT2D eigenvalue weighted by Crippen LogP contribution is 2.16. The number of amides is 2. The molecule has 0 unspecified atom stereocenters. The van der Waals surface area contributed by atoms with E-state index in [4.69, 9.17) is 10.5 Å². The predicted molar refractivity (Wildman–Crippen MR) is 74.3 cm³/mol. The molecule has 2 heterocycles. The van der Waals surface area contributed by atoms with E-state index in [-0.39, 0.29) is 24.6 Å². The molecule has 0 aromatic carbocycles. The maximum Gasteiger partial charge on any atom is 0.280 e. The lowest BCUT2D eigenvalue weighted by atomic mass is 10.3. The summed E-state index contributed by atoms with van der Waals surface area (Å²) in [4.78, 5) is 30.9. The second-order valence-corrected chi connectivity index (χ2v) is 4.08. The van der Waals surface area contributed by atoms with Gasteiger partial charge in [-0.15, -0.1) is 0 Å². The highest BCUT2D eigenvalue weighted by atomic mass is 16.5. The van der Waals surface area contributed by atoms with Crippen LogP contribution in [-0.4, -0.2) is 28.3 Å². The van der Waals surface area contributed by atoms with Gasteiger partial charge in [-0.3, -0.25) is 19.9 Å². The molecule has 3 N–H and O–H groups in total. The molecule has 0 fully saturated rings. The normalized spacial score (nSPS) is 9.95. The monoisotopic (exact) mass is 286 g/mol. The van der Waals surface area contributed by atoms with Crippen molar-refractivity contribution in [2.75, 3.05) is 6.54 Å². The largest absolute Gasteiger partial charge is 0.486 e. The molecule has 21 heavy (non-hydrogen) atoms. The fraction of sp³-hybridized carbons (Fsp3) is 0.143. The van der Waals surface area contributed by atoms with Crippen molar-refractivity contribution in [1.82, 2.24) is 15.3 Å². The first kappa shape index (κ1) is 14.6. The molecular formula is C14H14N4O3. The Morgan fingerprint density at radius 2 is 1.95 bits per heavy atom. The molecule has 0 aliphatic carbocycles. The first-order valence-corrected chi connectivity index (χ1v) is 6.21. The molecule has 0 bridgehead atoms. The molecule has 0 atom stereocenters. The molecule has 7 nitrogen and oxygen atoms in total. The van der Waals surface area contributed by atoms with Gasteiger partial charge in [-0.1, -0.05) is 0 Å². The van der Waals surface area contributed by atoms with Crippen LogP contribution in [0.3, 0.4) is 0 Å². The molecule has 2 aromatic heterocycles. The summed E-state index contributed by atoms with van der Waals surface area (Å²) in [7, 11) is 0. The van der Waals surface area contributed by atoms with Gasteiger partial charge in [0.15, 0.2) is 11.4 Å². The number of aromatic nitrogens is 2. The quantitative estimate of drug-likeness (QED) is 0.817. The molecule has 108 valence electrons. The summed E-state index contributed by atoms with van der Waals surface area (Å²) in [6.45, 7) is -0.00882. The van der Waals surface area contributed by atoms with Crippen molar-refractivity contribution in [1.29, 1.82) is 0 Å². The smallest absolute Gasteiger partial charge is 0.280 e. The molecule has 2 rings (SSSR count). The highest BCUT2D eigenvalue weighted by Gasteiger charge is 2.16. The van der Waals surface area contributed by atoms with Gasteiger partial charge < -0.3 is 10.5 Å². The van der Waals surface area contributed by atoms with Gasteiger partial charge in [0.1, 0.15) is 6.61 Å². The molecule has 0 spiro atoms. The van der Waals surface area contributed by atoms with Crippen LogP contribution in [0.15, 0.2) is 42.9 Å². The number of rotatable bonds is 5. The van der Waals surface area contributed by atoms with Crippen molar-refractivity contribution in [2.24, 2.45) is 5.73 Å². The second kappa shape index (κ2) is 7.11. The van der Waals surface area contributed by atoms with Crippen LogP contribution < -0.4 is 15.8 Å². The van der Waals surface area contributed by atoms with Crippen molar-refractivity contribution in [3.63, 3.8) is 0 Å². The third-order valence-corrected chi connectivity index (χ3v) is 2.57. The van der Waals surface area contributed by atoms with E-state index >= 15 is 0 Å². The Morgan fingerprint density at radius 3 is 2.67 bits per heavy atom. The Labute approximate surface area is 121 Å². The van der Waals surface area contributed by atoms with Gasteiger partial charge in [-0.05, 0) is 29.8 Å². The Kier molecular flexibility index (Phi) is 4.94. The lowest BCUT2D eigenvalue weighted by Crippen LogP contribution is -2.36. The number of ether oxygens (including phenoxy) is 1. The van der Waals surface area contributed by atoms with E-state index in [1.165, 1.54) is 6.20 Å². The van der Waals surface area contributed by atoms with Crippen LogP contribution in [0.25, 0.3) is 0 Å². The van der Waals surface area contributed by atoms with Gasteiger partial charge in [-0.25, -0.2) is 4.98 Å². The lowest BCUT2D eigenvalue weighted by molar-refractivity contribution is -0.118. The number of nitrogens with zero attached hydrogens (tertiary/aromatic N) is 2. The first-order chi connectivity index (χ1) is 10.2. The summed E-state index contributed by atoms with van der Waals surface area (Å²) in [5.74, 6) is -0.932. The third-order valence-electron chi connectivity index (χ3n) is 2.57. The minimum Gasteiger partial charge on any atom is -0.486 e. The molecule has 0 radical (unpaired) electrons. The Hall–Kier alpha value is -2.80. The summed E-state index contributed by atoms with van der Waals surface area (Å²) in [6, 6.07) is 6.85. The molecule has 2 amide bonds. The summed E-state index contributed by atoms with van der Waals surface area (Å²) in [6.07, 6.45) is 4.74. The number of hydrogen-bond donors (Lipinski definition) is 2. The molecule has 7 heteroatoms. The predicted octanol–water partition coefficient (Wildman–Crippen LogP) is 0.271. The highest BCUT2D eigenvalue weighted by molar-refractivity contribution is 6.05. The second-order valence-electron chi connectivity index (χ2n) is 4.08. The van der Waals surface area contributed by atoms with Crippen LogP contribution in [0.4, 0.5) is 0 Å². The molecular weight excluding hydrogens is 272 g/mol. The molecule has 0 aliphatic heterocycles. The Balaban J connectivity index is 2.09. The number of carbonyl (C=O) groups excluding carboxylic acids is 2. The van der Waals surface area contributed by atoms with E-state index in [9.17, 15) is 9.59 Å². The van der Waals surface area contributed by atoms with Crippen LogP contribution in [0.1, 0.15) is 16.1 Å². The number of nitrogens with one attached hydrogen (secondary N) is 1. The third kappa shape index (κ3) is 4.08. The van der Waals surface area contributed by atoms with Crippen LogP contribution in [-0.2, 0) is 11.4 Å². The molecule has 0 saturated heterocycles. The van der Waals surface area contributed by atoms with Crippen molar-refractivity contribution in [3.8, 4) is 5.75 Å². The van der Waals surface area contributed by atoms with E-state index in [0.29, 0.717) is 0 Å². The fourth-order valence-electron chi connectivity index (χ4n) is 1.55. The van der Waals surface area contributed by atoms with Crippen LogP contribution in [0.5, 0.6) is 5.75 Å². The summed E-state index contributed by atoms with van der Waals surface area (Å²) < 4.78 is 5.57. The average Bonchev–Trinajstić information content (AvgIpc) is 2.54. The van der Waals surface area contributed by atoms with E-state index in [1.54, 1.807) is 36.7 Å². The van der Waals surface area contributed by atoms with Gasteiger partial charge in [0, 0.05) is 18.6 Å². The molecule has 0 saturated carbocycles. The van der Waals surface area contributed by atoms with Gasteiger partial charge >= 0.3 is 0 Å². The van der Waals surface area contributed by atoms with Gasteiger partial charge in [-0.2, -0.15) is 0 Å². The van der Waals surface area contributed by atoms with Crippen LogP contribution >= 0.6 is 0 Å². The van der Waals surface area contributed by atoms with Crippen molar-refractivity contribution < 1.29 is 14.3 Å². The van der Waals surface area contributed by atoms with Crippen LogP contribution in [0, 0.1) is 0 Å². The van der Waals surface area contributed by atoms with Gasteiger partial charge in [0.2, 0.25) is 5.91 Å². The van der Waals surface area contributed by atoms with Gasteiger partial charge in [0.25, 0.3) is 5.91 Å². The number of hydrogen-bond acceptors (Lipinski definition) is 6. The van der Waals surface area contributed by atoms with E-state index < -0.39 is 11.8 Å². The lowest BCUT2D eigenvalue weighted by Gasteiger charge is -2.10. The fourth-order valence-corrected chi connectivity index (χ4v) is 1.55. The Morgan fingerprint density at radius 1 is 1.19 bits per heavy atom. The first-order valence-electron chi connectivity index (χ1n) is 6.21. The maximum atomic E-state index is 11.9. The maximum absolute atomic E-state index is 11.9. The summed E-state index contributed by atoms with van der Waals surface area (Å²) in [5, 5.41) is 2.13. The number of carbonyl (C=O) groups is 2. The minimum atomic E-state index is -0.643. The number of imide groups is 1. The topological polar surface area (TPSA) is 107 Å². The van der Waals surface area contributed by atoms with Crippen LogP contribution in [0.2, 0.25) is 0 Å². The zero-order valence-electron chi connectivity index (χ0n) is 11.2. The SMILES string of the molecule is NCC(=O)NC(=O)c1ncccc1OCc1ccncc1. The molecule has 2 aromatic rings. The summed E-state index contributed by atoms with van der Waals surface area (Å²) >= 11 is 0. The zero-order valence-corrected chi connectivity index (χ0v) is 11.2. The number of pyridine rings is 2. The number of nitrogens with two attached hydrogens (primary N) is 1. The molecule has 0 aliphatic rings. The summed E-state index contributed by atoms with van der Waals surface area (Å²) in [5.41, 5.74) is 6.09. The van der Waals surface area contributed by atoms with E-state index in [1.807, 2.05) is 0 Å². The standard InChI is InChI=1S/C14H14N4O3/c15-8-12(19)18-14(20)13-11(2-1-5-17-13)21-9-10-3-6-16-7-4-10/h1-7H,8-9,15H2,(H,18,19,20). The van der Waals surface area contributed by atoms with Gasteiger partial charge in [0.05, 0.1) is 6.54 Å². The minimum absolute atomic E-state index is 0.0355. The van der Waals surface area contributed by atoms with E-state index in [0.717, 1.165) is 5.56 Å². The average molecular weight is 286 g/mol. The Bertz CT molecular complexity index is 631.